The molecule has 3 rings (SSSR count). The van der Waals surface area contributed by atoms with Crippen molar-refractivity contribution in [3.05, 3.63) is 0 Å². The molecule has 1 aliphatic heterocycles. The second-order valence-electron chi connectivity index (χ2n) is 9.18. The number of hydrogen-bond acceptors (Lipinski definition) is 1. The lowest BCUT2D eigenvalue weighted by molar-refractivity contribution is 0.119. The third-order valence-electron chi connectivity index (χ3n) is 7.03. The zero-order valence-corrected chi connectivity index (χ0v) is 15.1. The molecule has 1 heterocycles. The van der Waals surface area contributed by atoms with Gasteiger partial charge >= 0.3 is 0 Å². The van der Waals surface area contributed by atoms with E-state index in [1.165, 1.54) is 51.4 Å². The molecule has 3 fully saturated rings. The molecule has 0 aromatic carbocycles. The predicted octanol–water partition coefficient (Wildman–Crippen LogP) is 5.49. The van der Waals surface area contributed by atoms with E-state index in [1.54, 1.807) is 0 Å². The lowest BCUT2D eigenvalue weighted by Gasteiger charge is -2.34. The number of hydrogen-bond donors (Lipinski definition) is 1. The summed E-state index contributed by atoms with van der Waals surface area (Å²) in [4.78, 5) is 0. The van der Waals surface area contributed by atoms with Crippen LogP contribution in [0.5, 0.6) is 0 Å². The molecule has 22 heavy (non-hydrogen) atoms. The van der Waals surface area contributed by atoms with Gasteiger partial charge in [0.2, 0.25) is 0 Å². The Bertz CT molecular complexity index is 393. The summed E-state index contributed by atoms with van der Waals surface area (Å²) in [6.07, 6.45) is 10.8. The standard InChI is InChI=1S/C20H36FN/c1-5-6-7-17-10-16-12-19(9-8-18(17)15(4)21)20(13-16,22-19)11-14(2)3/h14-18,22H,5-13H2,1-4H3. The largest absolute Gasteiger partial charge is 0.302 e. The summed E-state index contributed by atoms with van der Waals surface area (Å²) in [6, 6.07) is 0. The third-order valence-corrected chi connectivity index (χ3v) is 7.03. The predicted molar refractivity (Wildman–Crippen MR) is 91.7 cm³/mol. The molecule has 0 amide bonds. The molecule has 2 aliphatic carbocycles. The van der Waals surface area contributed by atoms with Gasteiger partial charge in [-0.2, -0.15) is 0 Å². The SMILES string of the molecule is CCCCC1CC2CC3(CCC1C(C)F)NC3(CC(C)C)C2. The Morgan fingerprint density at radius 1 is 1.23 bits per heavy atom. The van der Waals surface area contributed by atoms with Crippen molar-refractivity contribution in [2.24, 2.45) is 23.7 Å². The van der Waals surface area contributed by atoms with Crippen molar-refractivity contribution in [2.45, 2.75) is 103 Å². The molecule has 1 nitrogen and oxygen atoms in total. The Kier molecular flexibility index (Phi) is 4.62. The van der Waals surface area contributed by atoms with E-state index in [-0.39, 0.29) is 0 Å². The molecule has 0 aromatic rings. The van der Waals surface area contributed by atoms with Gasteiger partial charge in [-0.25, -0.2) is 4.39 Å². The zero-order valence-electron chi connectivity index (χ0n) is 15.1. The van der Waals surface area contributed by atoms with Crippen LogP contribution in [0, 0.1) is 23.7 Å². The Morgan fingerprint density at radius 2 is 2.00 bits per heavy atom. The van der Waals surface area contributed by atoms with Crippen molar-refractivity contribution in [2.75, 3.05) is 0 Å². The van der Waals surface area contributed by atoms with Gasteiger partial charge in [-0.15, -0.1) is 0 Å². The van der Waals surface area contributed by atoms with Crippen molar-refractivity contribution < 1.29 is 4.39 Å². The van der Waals surface area contributed by atoms with Gasteiger partial charge in [-0.1, -0.05) is 40.0 Å². The minimum atomic E-state index is -0.631. The van der Waals surface area contributed by atoms with Crippen molar-refractivity contribution in [1.82, 2.24) is 5.32 Å². The second kappa shape index (κ2) is 6.07. The minimum absolute atomic E-state index is 0.309. The first-order valence-electron chi connectivity index (χ1n) is 9.85. The number of halogens is 1. The van der Waals surface area contributed by atoms with Crippen molar-refractivity contribution in [3.8, 4) is 0 Å². The molecule has 3 aliphatic rings. The van der Waals surface area contributed by atoms with E-state index < -0.39 is 6.17 Å². The van der Waals surface area contributed by atoms with Crippen molar-refractivity contribution >= 4 is 0 Å². The highest BCUT2D eigenvalue weighted by Gasteiger charge is 2.71. The van der Waals surface area contributed by atoms with Gasteiger partial charge in [0.15, 0.2) is 0 Å². The van der Waals surface area contributed by atoms with Crippen LogP contribution < -0.4 is 5.32 Å². The monoisotopic (exact) mass is 309 g/mol. The quantitative estimate of drug-likeness (QED) is 0.644. The fourth-order valence-electron chi connectivity index (χ4n) is 6.23. The first kappa shape index (κ1) is 16.7. The van der Waals surface area contributed by atoms with Gasteiger partial charge in [0, 0.05) is 11.1 Å². The van der Waals surface area contributed by atoms with E-state index in [0.717, 1.165) is 18.3 Å². The minimum Gasteiger partial charge on any atom is -0.302 e. The van der Waals surface area contributed by atoms with E-state index in [1.807, 2.05) is 6.92 Å². The molecular weight excluding hydrogens is 273 g/mol. The molecule has 0 radical (unpaired) electrons. The maximum atomic E-state index is 14.3. The number of alkyl halides is 1. The first-order valence-corrected chi connectivity index (χ1v) is 9.85. The van der Waals surface area contributed by atoms with Crippen LogP contribution in [0.25, 0.3) is 0 Å². The van der Waals surface area contributed by atoms with Gasteiger partial charge in [-0.3, -0.25) is 0 Å². The van der Waals surface area contributed by atoms with Crippen molar-refractivity contribution in [1.29, 1.82) is 0 Å². The lowest BCUT2D eigenvalue weighted by atomic mass is 9.73. The van der Waals surface area contributed by atoms with Gasteiger partial charge in [0.1, 0.15) is 6.17 Å². The van der Waals surface area contributed by atoms with E-state index in [4.69, 9.17) is 0 Å². The summed E-state index contributed by atoms with van der Waals surface area (Å²) in [5, 5.41) is 3.92. The fourth-order valence-corrected chi connectivity index (χ4v) is 6.23. The van der Waals surface area contributed by atoms with Crippen LogP contribution in [0.2, 0.25) is 0 Å². The smallest absolute Gasteiger partial charge is 0.100 e. The molecule has 2 heteroatoms. The van der Waals surface area contributed by atoms with Gasteiger partial charge in [0.25, 0.3) is 0 Å². The zero-order chi connectivity index (χ0) is 16.0. The molecule has 1 N–H and O–H groups in total. The number of fused-ring (bicyclic) bond motifs is 1. The summed E-state index contributed by atoms with van der Waals surface area (Å²) in [5.74, 6) is 2.56. The van der Waals surface area contributed by atoms with Crippen LogP contribution in [0.1, 0.15) is 85.5 Å². The summed E-state index contributed by atoms with van der Waals surface area (Å²) in [7, 11) is 0. The summed E-state index contributed by atoms with van der Waals surface area (Å²) in [5.41, 5.74) is 0.820. The van der Waals surface area contributed by atoms with E-state index >= 15 is 0 Å². The van der Waals surface area contributed by atoms with E-state index in [0.29, 0.717) is 22.9 Å². The Hall–Kier alpha value is -0.110. The van der Waals surface area contributed by atoms with E-state index in [2.05, 4.69) is 26.1 Å². The highest BCUT2D eigenvalue weighted by atomic mass is 19.1. The highest BCUT2D eigenvalue weighted by Crippen LogP contribution is 2.63. The molecule has 1 saturated heterocycles. The molecular formula is C20H36FN. The Labute approximate surface area is 136 Å². The summed E-state index contributed by atoms with van der Waals surface area (Å²) < 4.78 is 14.3. The number of unbranched alkanes of at least 4 members (excludes halogenated alkanes) is 1. The Balaban J connectivity index is 1.73. The maximum absolute atomic E-state index is 14.3. The molecule has 128 valence electrons. The molecule has 6 atom stereocenters. The van der Waals surface area contributed by atoms with Crippen LogP contribution in [-0.4, -0.2) is 17.2 Å². The molecule has 1 spiro atoms. The van der Waals surface area contributed by atoms with Crippen LogP contribution in [-0.2, 0) is 0 Å². The normalized spacial score (nSPS) is 45.3. The number of rotatable bonds is 6. The Morgan fingerprint density at radius 3 is 2.64 bits per heavy atom. The van der Waals surface area contributed by atoms with Crippen LogP contribution >= 0.6 is 0 Å². The number of piperidine rings is 1. The molecule has 0 aromatic heterocycles. The average Bonchev–Trinajstić information content (AvgIpc) is 2.87. The van der Waals surface area contributed by atoms with Gasteiger partial charge in [-0.05, 0) is 69.1 Å². The second-order valence-corrected chi connectivity index (χ2v) is 9.18. The number of nitrogens with one attached hydrogen (secondary N) is 1. The highest BCUT2D eigenvalue weighted by molar-refractivity contribution is 5.31. The third kappa shape index (κ3) is 2.85. The van der Waals surface area contributed by atoms with E-state index in [9.17, 15) is 4.39 Å². The lowest BCUT2D eigenvalue weighted by Crippen LogP contribution is -2.31. The topological polar surface area (TPSA) is 21.9 Å². The molecule has 2 saturated carbocycles. The fraction of sp³-hybridized carbons (Fsp3) is 1.00. The van der Waals surface area contributed by atoms with Crippen LogP contribution in [0.15, 0.2) is 0 Å². The van der Waals surface area contributed by atoms with Crippen LogP contribution in [0.4, 0.5) is 4.39 Å². The average molecular weight is 310 g/mol. The summed E-state index contributed by atoms with van der Waals surface area (Å²) in [6.45, 7) is 8.77. The first-order chi connectivity index (χ1) is 10.4. The molecule has 2 bridgehead atoms. The maximum Gasteiger partial charge on any atom is 0.100 e. The van der Waals surface area contributed by atoms with Gasteiger partial charge in [0.05, 0.1) is 0 Å². The van der Waals surface area contributed by atoms with Crippen LogP contribution in [0.3, 0.4) is 0 Å². The molecule has 6 unspecified atom stereocenters. The van der Waals surface area contributed by atoms with Crippen molar-refractivity contribution in [3.63, 3.8) is 0 Å². The summed E-state index contributed by atoms with van der Waals surface area (Å²) >= 11 is 0. The van der Waals surface area contributed by atoms with Gasteiger partial charge < -0.3 is 5.32 Å².